The van der Waals surface area contributed by atoms with Gasteiger partial charge in [0.25, 0.3) is 0 Å². The van der Waals surface area contributed by atoms with Crippen molar-refractivity contribution < 1.29 is 17.9 Å². The molecule has 1 rings (SSSR count). The molecule has 0 radical (unpaired) electrons. The zero-order valence-corrected chi connectivity index (χ0v) is 8.59. The van der Waals surface area contributed by atoms with Gasteiger partial charge in [-0.1, -0.05) is 0 Å². The van der Waals surface area contributed by atoms with Gasteiger partial charge in [-0.25, -0.2) is 0 Å². The van der Waals surface area contributed by atoms with Gasteiger partial charge in [0.1, 0.15) is 0 Å². The van der Waals surface area contributed by atoms with Crippen LogP contribution in [0.4, 0.5) is 13.2 Å². The molecular formula is C8H14F3NOS. The molecule has 1 fully saturated rings. The zero-order chi connectivity index (χ0) is 10.4. The third kappa shape index (κ3) is 5.72. The van der Waals surface area contributed by atoms with E-state index in [9.17, 15) is 13.2 Å². The number of hydrogen-bond donors (Lipinski definition) is 1. The predicted octanol–water partition coefficient (Wildman–Crippen LogP) is 2.01. The first-order valence-electron chi connectivity index (χ1n) is 4.61. The maximum absolute atomic E-state index is 11.7. The summed E-state index contributed by atoms with van der Waals surface area (Å²) in [5, 5.41) is 3.14. The summed E-state index contributed by atoms with van der Waals surface area (Å²) in [7, 11) is 0. The highest BCUT2D eigenvalue weighted by atomic mass is 32.2. The summed E-state index contributed by atoms with van der Waals surface area (Å²) in [4.78, 5) is 0. The molecule has 0 saturated carbocycles. The number of nitrogens with one attached hydrogen (secondary N) is 1. The van der Waals surface area contributed by atoms with E-state index >= 15 is 0 Å². The molecular weight excluding hydrogens is 215 g/mol. The highest BCUT2D eigenvalue weighted by molar-refractivity contribution is 8.00. The Morgan fingerprint density at radius 2 is 2.21 bits per heavy atom. The number of hydrogen-bond acceptors (Lipinski definition) is 3. The lowest BCUT2D eigenvalue weighted by Gasteiger charge is -2.22. The Morgan fingerprint density at radius 3 is 2.79 bits per heavy atom. The van der Waals surface area contributed by atoms with E-state index in [2.05, 4.69) is 5.32 Å². The molecule has 0 aromatic carbocycles. The van der Waals surface area contributed by atoms with E-state index < -0.39 is 5.51 Å². The molecule has 0 aromatic heterocycles. The fourth-order valence-corrected chi connectivity index (χ4v) is 1.75. The normalized spacial score (nSPS) is 23.8. The summed E-state index contributed by atoms with van der Waals surface area (Å²) in [6.07, 6.45) is 2.08. The van der Waals surface area contributed by atoms with Crippen molar-refractivity contribution in [3.05, 3.63) is 0 Å². The summed E-state index contributed by atoms with van der Waals surface area (Å²) in [5.41, 5.74) is -4.13. The van der Waals surface area contributed by atoms with E-state index in [1.165, 1.54) is 0 Å². The fourth-order valence-electron chi connectivity index (χ4n) is 1.33. The first-order valence-corrected chi connectivity index (χ1v) is 5.59. The molecule has 84 valence electrons. The average Bonchev–Trinajstić information content (AvgIpc) is 2.13. The highest BCUT2D eigenvalue weighted by Gasteiger charge is 2.27. The summed E-state index contributed by atoms with van der Waals surface area (Å²) in [6.45, 7) is 1.92. The molecule has 6 heteroatoms. The molecule has 0 spiro atoms. The van der Waals surface area contributed by atoms with Gasteiger partial charge in [0, 0.05) is 12.3 Å². The van der Waals surface area contributed by atoms with Crippen molar-refractivity contribution in [3.63, 3.8) is 0 Å². The molecule has 1 aliphatic heterocycles. The van der Waals surface area contributed by atoms with E-state index in [1.807, 2.05) is 0 Å². The second kappa shape index (κ2) is 5.82. The minimum absolute atomic E-state index is 0.0139. The Hall–Kier alpha value is 0.0600. The largest absolute Gasteiger partial charge is 0.441 e. The minimum atomic E-state index is -4.13. The van der Waals surface area contributed by atoms with Gasteiger partial charge in [-0.3, -0.25) is 0 Å². The van der Waals surface area contributed by atoms with Crippen LogP contribution >= 0.6 is 11.8 Å². The van der Waals surface area contributed by atoms with Crippen molar-refractivity contribution in [1.82, 2.24) is 5.32 Å². The number of ether oxygens (including phenoxy) is 1. The molecule has 1 aliphatic rings. The zero-order valence-electron chi connectivity index (χ0n) is 7.77. The topological polar surface area (TPSA) is 21.3 Å². The summed E-state index contributed by atoms with van der Waals surface area (Å²) in [6, 6.07) is 0. The monoisotopic (exact) mass is 229 g/mol. The Morgan fingerprint density at radius 1 is 1.43 bits per heavy atom. The van der Waals surface area contributed by atoms with Crippen LogP contribution < -0.4 is 5.32 Å². The van der Waals surface area contributed by atoms with Crippen LogP contribution in [0.5, 0.6) is 0 Å². The Labute approximate surface area is 85.6 Å². The van der Waals surface area contributed by atoms with Gasteiger partial charge in [-0.05, 0) is 31.1 Å². The van der Waals surface area contributed by atoms with Crippen LogP contribution in [0.25, 0.3) is 0 Å². The summed E-state index contributed by atoms with van der Waals surface area (Å²) in [5.74, 6) is -0.0139. The van der Waals surface area contributed by atoms with Crippen molar-refractivity contribution in [2.75, 3.05) is 25.4 Å². The lowest BCUT2D eigenvalue weighted by molar-refractivity contribution is -0.0335. The maximum Gasteiger partial charge on any atom is 0.441 e. The lowest BCUT2D eigenvalue weighted by Crippen LogP contribution is -2.35. The van der Waals surface area contributed by atoms with Crippen LogP contribution in [0, 0.1) is 0 Å². The first kappa shape index (κ1) is 12.1. The quantitative estimate of drug-likeness (QED) is 0.745. The third-order valence-corrected chi connectivity index (χ3v) is 2.65. The molecule has 1 atom stereocenters. The minimum Gasteiger partial charge on any atom is -0.376 e. The van der Waals surface area contributed by atoms with Gasteiger partial charge in [-0.2, -0.15) is 13.2 Å². The molecule has 1 unspecified atom stereocenters. The van der Waals surface area contributed by atoms with Crippen molar-refractivity contribution in [2.24, 2.45) is 0 Å². The third-order valence-electron chi connectivity index (χ3n) is 1.95. The van der Waals surface area contributed by atoms with Crippen LogP contribution in [-0.2, 0) is 4.74 Å². The molecule has 1 heterocycles. The maximum atomic E-state index is 11.7. The standard InChI is InChI=1S/C8H14F3NOS/c9-8(10,11)14-5-4-13-7-2-1-3-12-6-7/h7,12H,1-6H2. The van der Waals surface area contributed by atoms with Gasteiger partial charge in [0.05, 0.1) is 12.7 Å². The van der Waals surface area contributed by atoms with Crippen LogP contribution in [0.1, 0.15) is 12.8 Å². The van der Waals surface area contributed by atoms with Crippen molar-refractivity contribution in [2.45, 2.75) is 24.5 Å². The van der Waals surface area contributed by atoms with E-state index in [0.29, 0.717) is 0 Å². The van der Waals surface area contributed by atoms with E-state index in [4.69, 9.17) is 4.74 Å². The highest BCUT2D eigenvalue weighted by Crippen LogP contribution is 2.29. The summed E-state index contributed by atoms with van der Waals surface area (Å²) >= 11 is -0.0233. The molecule has 1 N–H and O–H groups in total. The molecule has 2 nitrogen and oxygen atoms in total. The molecule has 0 bridgehead atoms. The van der Waals surface area contributed by atoms with E-state index in [0.717, 1.165) is 25.9 Å². The molecule has 1 saturated heterocycles. The second-order valence-corrected chi connectivity index (χ2v) is 4.29. The summed E-state index contributed by atoms with van der Waals surface area (Å²) < 4.78 is 40.4. The Bertz CT molecular complexity index is 159. The van der Waals surface area contributed by atoms with Gasteiger partial charge < -0.3 is 10.1 Å². The van der Waals surface area contributed by atoms with Crippen molar-refractivity contribution >= 4 is 11.8 Å². The smallest absolute Gasteiger partial charge is 0.376 e. The molecule has 0 aromatic rings. The number of thioether (sulfide) groups is 1. The van der Waals surface area contributed by atoms with Crippen LogP contribution in [0.3, 0.4) is 0 Å². The van der Waals surface area contributed by atoms with Gasteiger partial charge in [0.15, 0.2) is 0 Å². The number of alkyl halides is 3. The molecule has 0 amide bonds. The Balaban J connectivity index is 1.97. The van der Waals surface area contributed by atoms with Crippen molar-refractivity contribution in [3.8, 4) is 0 Å². The first-order chi connectivity index (χ1) is 6.58. The number of piperidine rings is 1. The molecule has 0 aliphatic carbocycles. The second-order valence-electron chi connectivity index (χ2n) is 3.13. The predicted molar refractivity (Wildman–Crippen MR) is 50.4 cm³/mol. The lowest BCUT2D eigenvalue weighted by atomic mass is 10.1. The van der Waals surface area contributed by atoms with Gasteiger partial charge in [0.2, 0.25) is 0 Å². The van der Waals surface area contributed by atoms with E-state index in [1.54, 1.807) is 0 Å². The average molecular weight is 229 g/mol. The Kier molecular flexibility index (Phi) is 5.05. The van der Waals surface area contributed by atoms with Crippen LogP contribution in [0.2, 0.25) is 0 Å². The van der Waals surface area contributed by atoms with Gasteiger partial charge >= 0.3 is 5.51 Å². The molecule has 14 heavy (non-hydrogen) atoms. The number of rotatable bonds is 4. The van der Waals surface area contributed by atoms with Gasteiger partial charge in [-0.15, -0.1) is 0 Å². The van der Waals surface area contributed by atoms with E-state index in [-0.39, 0.29) is 30.2 Å². The fraction of sp³-hybridized carbons (Fsp3) is 1.00. The number of halogens is 3. The van der Waals surface area contributed by atoms with Crippen LogP contribution in [0.15, 0.2) is 0 Å². The van der Waals surface area contributed by atoms with Crippen LogP contribution in [-0.4, -0.2) is 37.1 Å². The van der Waals surface area contributed by atoms with Crippen molar-refractivity contribution in [1.29, 1.82) is 0 Å². The SMILES string of the molecule is FC(F)(F)SCCOC1CCCNC1.